The third-order valence-electron chi connectivity index (χ3n) is 14.7. The van der Waals surface area contributed by atoms with Gasteiger partial charge in [-0.2, -0.15) is 9.97 Å². The number of aromatic nitrogens is 3. The number of nitrogens with zero attached hydrogens (tertiary/aromatic N) is 6. The number of anilines is 1. The average Bonchev–Trinajstić information content (AvgIpc) is 3.84. The molecule has 4 fully saturated rings. The second-order valence-electron chi connectivity index (χ2n) is 20.8. The average molecular weight is 915 g/mol. The van der Waals surface area contributed by atoms with Crippen molar-refractivity contribution in [3.63, 3.8) is 0 Å². The second kappa shape index (κ2) is 17.5. The first-order valence-corrected chi connectivity index (χ1v) is 25.5. The van der Waals surface area contributed by atoms with E-state index in [1.165, 1.54) is 13.2 Å². The first-order chi connectivity index (χ1) is 30.8. The Labute approximate surface area is 382 Å². The van der Waals surface area contributed by atoms with Gasteiger partial charge in [0.05, 0.1) is 41.8 Å². The summed E-state index contributed by atoms with van der Waals surface area (Å²) in [6.45, 7) is 20.9. The molecule has 0 N–H and O–H groups in total. The number of carbonyl (C=O) groups is 1. The van der Waals surface area contributed by atoms with E-state index in [1.807, 2.05) is 30.6 Å². The van der Waals surface area contributed by atoms with Gasteiger partial charge in [-0.15, -0.1) is 5.54 Å². The van der Waals surface area contributed by atoms with Crippen LogP contribution >= 0.6 is 0 Å². The van der Waals surface area contributed by atoms with Crippen molar-refractivity contribution in [3.8, 4) is 34.5 Å². The minimum Gasteiger partial charge on any atom is -0.497 e. The van der Waals surface area contributed by atoms with Crippen LogP contribution < -0.4 is 14.4 Å². The van der Waals surface area contributed by atoms with Gasteiger partial charge in [0.2, 0.25) is 0 Å². The number of benzene rings is 2. The van der Waals surface area contributed by atoms with Crippen LogP contribution in [0, 0.1) is 23.1 Å². The van der Waals surface area contributed by atoms with Crippen molar-refractivity contribution < 1.29 is 36.9 Å². The van der Waals surface area contributed by atoms with Crippen molar-refractivity contribution >= 4 is 41.7 Å². The molecule has 1 amide bonds. The van der Waals surface area contributed by atoms with E-state index in [0.29, 0.717) is 88.8 Å². The monoisotopic (exact) mass is 914 g/mol. The number of hydrogen-bond acceptors (Lipinski definition) is 10. The van der Waals surface area contributed by atoms with Crippen LogP contribution in [0.3, 0.4) is 0 Å². The zero-order valence-electron chi connectivity index (χ0n) is 39.9. The number of hydrogen-bond donors (Lipinski definition) is 0. The summed E-state index contributed by atoms with van der Waals surface area (Å²) in [5.41, 5.74) is 2.99. The lowest BCUT2D eigenvalue weighted by Crippen LogP contribution is -2.66. The molecule has 2 aromatic carbocycles. The van der Waals surface area contributed by atoms with Gasteiger partial charge in [-0.3, -0.25) is 14.8 Å². The lowest BCUT2D eigenvalue weighted by atomic mass is 9.95. The van der Waals surface area contributed by atoms with E-state index in [2.05, 4.69) is 57.9 Å². The minimum atomic E-state index is -2.32. The van der Waals surface area contributed by atoms with Crippen molar-refractivity contribution in [2.45, 2.75) is 140 Å². The number of piperazine rings is 1. The van der Waals surface area contributed by atoms with Crippen LogP contribution in [-0.4, -0.2) is 121 Å². The van der Waals surface area contributed by atoms with Crippen molar-refractivity contribution in [2.24, 2.45) is 0 Å². The van der Waals surface area contributed by atoms with Crippen molar-refractivity contribution in [1.29, 1.82) is 0 Å². The van der Waals surface area contributed by atoms with Gasteiger partial charge in [0.25, 0.3) is 0 Å². The molecule has 0 radical (unpaired) electrons. The normalized spacial score (nSPS) is 23.5. The zero-order chi connectivity index (χ0) is 46.8. The number of pyridine rings is 1. The molecule has 350 valence electrons. The number of amides is 1. The summed E-state index contributed by atoms with van der Waals surface area (Å²) < 4.78 is 73.1. The Morgan fingerprint density at radius 3 is 2.40 bits per heavy atom. The number of fused-ring (bicyclic) bond motifs is 5. The van der Waals surface area contributed by atoms with E-state index < -0.39 is 48.7 Å². The highest BCUT2D eigenvalue weighted by Gasteiger charge is 2.56. The van der Waals surface area contributed by atoms with Crippen LogP contribution in [0.2, 0.25) is 16.6 Å². The lowest BCUT2D eigenvalue weighted by molar-refractivity contribution is -0.0261. The van der Waals surface area contributed by atoms with Crippen LogP contribution in [0.5, 0.6) is 11.8 Å². The summed E-state index contributed by atoms with van der Waals surface area (Å²) in [5, 5.41) is 1.38. The Morgan fingerprint density at radius 2 is 1.72 bits per heavy atom. The molecule has 0 aliphatic carbocycles. The Balaban J connectivity index is 1.30. The van der Waals surface area contributed by atoms with E-state index in [-0.39, 0.29) is 42.0 Å². The highest BCUT2D eigenvalue weighted by molar-refractivity contribution is 6.90. The van der Waals surface area contributed by atoms with Gasteiger partial charge < -0.3 is 23.8 Å². The molecule has 15 heteroatoms. The largest absolute Gasteiger partial charge is 0.497 e. The highest BCUT2D eigenvalue weighted by atomic mass is 28.3. The zero-order valence-corrected chi connectivity index (χ0v) is 40.9. The van der Waals surface area contributed by atoms with Crippen LogP contribution in [0.25, 0.3) is 32.9 Å². The van der Waals surface area contributed by atoms with Crippen LogP contribution in [0.1, 0.15) is 100.0 Å². The number of ether oxygens (including phenoxy) is 4. The van der Waals surface area contributed by atoms with Crippen LogP contribution in [0.15, 0.2) is 30.5 Å². The number of halogens is 3. The molecule has 4 saturated heterocycles. The number of carbonyl (C=O) groups excluding carboxylic acids is 1. The van der Waals surface area contributed by atoms with Gasteiger partial charge in [-0.1, -0.05) is 53.5 Å². The highest BCUT2D eigenvalue weighted by Crippen LogP contribution is 2.46. The molecule has 2 bridgehead atoms. The summed E-state index contributed by atoms with van der Waals surface area (Å²) in [5.74, 6) is 2.90. The number of methoxy groups -OCH3 is 2. The molecule has 0 spiro atoms. The Bertz CT molecular complexity index is 2520. The summed E-state index contributed by atoms with van der Waals surface area (Å²) >= 11 is 0. The lowest BCUT2D eigenvalue weighted by Gasteiger charge is -2.49. The van der Waals surface area contributed by atoms with E-state index >= 15 is 8.78 Å². The van der Waals surface area contributed by atoms with E-state index in [0.717, 1.165) is 19.4 Å². The second-order valence-corrected chi connectivity index (χ2v) is 26.4. The molecule has 11 nitrogen and oxygen atoms in total. The Hall–Kier alpha value is -4.65. The fourth-order valence-corrected chi connectivity index (χ4v) is 17.2. The maximum atomic E-state index is 17.9. The van der Waals surface area contributed by atoms with Gasteiger partial charge in [0.1, 0.15) is 55.0 Å². The quantitative estimate of drug-likeness (QED) is 0.107. The van der Waals surface area contributed by atoms with Crippen LogP contribution in [-0.2, 0) is 9.47 Å². The summed E-state index contributed by atoms with van der Waals surface area (Å²) in [6.07, 6.45) is 3.56. The fraction of sp³-hybridized carbons (Fsp3) is 0.600. The molecular formula is C50H65F3N6O5Si. The SMILES string of the molecule is COC[C@@]12CC[C@@H](CN(c3nc(OC[C@@]45CCCN4C[C@H](F)C5)nc4c(F)c(-c5cc(OC)cc6ccc(F)c(C#C[Si](C(C)C)(C(C)C)C(C)C)c56)ncc34)C1)N2C(=O)OC(C)(C)C. The molecule has 0 saturated carbocycles. The van der Waals surface area contributed by atoms with E-state index in [1.54, 1.807) is 31.5 Å². The minimum absolute atomic E-state index is 0.0425. The maximum Gasteiger partial charge on any atom is 0.411 e. The van der Waals surface area contributed by atoms with Crippen molar-refractivity contribution in [2.75, 3.05) is 58.5 Å². The predicted octanol–water partition coefficient (Wildman–Crippen LogP) is 10.3. The molecule has 8 rings (SSSR count). The van der Waals surface area contributed by atoms with E-state index in [4.69, 9.17) is 33.9 Å². The van der Waals surface area contributed by atoms with Crippen molar-refractivity contribution in [1.82, 2.24) is 24.8 Å². The molecule has 65 heavy (non-hydrogen) atoms. The molecule has 4 aliphatic rings. The predicted molar refractivity (Wildman–Crippen MR) is 251 cm³/mol. The fourth-order valence-electron chi connectivity index (χ4n) is 12.0. The third kappa shape index (κ3) is 8.30. The number of rotatable bonds is 11. The Morgan fingerprint density at radius 1 is 0.985 bits per heavy atom. The van der Waals surface area contributed by atoms with Gasteiger partial charge in [-0.05, 0) is 93.2 Å². The summed E-state index contributed by atoms with van der Waals surface area (Å²) in [6, 6.07) is 6.21. The van der Waals surface area contributed by atoms with Crippen molar-refractivity contribution in [3.05, 3.63) is 47.7 Å². The first kappa shape index (κ1) is 46.9. The van der Waals surface area contributed by atoms with Gasteiger partial charge >= 0.3 is 12.1 Å². The van der Waals surface area contributed by atoms with Gasteiger partial charge in [0, 0.05) is 50.3 Å². The number of alkyl halides is 1. The first-order valence-electron chi connectivity index (χ1n) is 23.2. The third-order valence-corrected chi connectivity index (χ3v) is 21.0. The topological polar surface area (TPSA) is 102 Å². The van der Waals surface area contributed by atoms with Crippen LogP contribution in [0.4, 0.5) is 23.8 Å². The molecule has 4 atom stereocenters. The molecule has 0 unspecified atom stereocenters. The molecular weight excluding hydrogens is 850 g/mol. The summed E-state index contributed by atoms with van der Waals surface area (Å²) in [4.78, 5) is 34.4. The molecule has 4 aliphatic heterocycles. The maximum absolute atomic E-state index is 17.9. The summed E-state index contributed by atoms with van der Waals surface area (Å²) in [7, 11) is 0.824. The smallest absolute Gasteiger partial charge is 0.411 e. The van der Waals surface area contributed by atoms with Gasteiger partial charge in [0.15, 0.2) is 5.82 Å². The van der Waals surface area contributed by atoms with E-state index in [9.17, 15) is 9.18 Å². The standard InChI is InChI=1S/C50H65F3N6O5Si/c1-30(2)65(31(3)4,32(5)6)20-16-37-40(52)14-13-33-21-36(62-11)22-38(41(33)37)43-42(53)44-39(24-54-43)45(56-46(55-44)63-29-49-17-12-19-58(49)25-34(51)23-49)57-26-35-15-18-50(27-57,28-61-10)59(35)47(60)64-48(7,8)9/h13-14,21-22,24,30-32,34-35H,12,15,17-19,23,25-29H2,1-11H3/t34-,35+,49+,50-/m1/s1. The molecule has 6 heterocycles. The Kier molecular flexibility index (Phi) is 12.6. The molecule has 2 aromatic heterocycles. The van der Waals surface area contributed by atoms with Gasteiger partial charge in [-0.25, -0.2) is 18.0 Å². The molecule has 4 aromatic rings.